The zero-order valence-electron chi connectivity index (χ0n) is 11.8. The Kier molecular flexibility index (Phi) is 12.2. The molecule has 0 spiro atoms. The van der Waals surface area contributed by atoms with Gasteiger partial charge in [0.1, 0.15) is 0 Å². The van der Waals surface area contributed by atoms with Crippen molar-refractivity contribution in [2.45, 2.75) is 38.6 Å². The van der Waals surface area contributed by atoms with Crippen molar-refractivity contribution in [3.8, 4) is 0 Å². The molecule has 0 bridgehead atoms. The first kappa shape index (κ1) is 16.8. The molecule has 0 saturated heterocycles. The molecule has 0 aliphatic rings. The quantitative estimate of drug-likeness (QED) is 0.530. The van der Waals surface area contributed by atoms with Crippen LogP contribution >= 0.6 is 0 Å². The molecule has 1 atom stereocenters. The molecular weight excluding hydrogens is 216 g/mol. The number of unbranched alkanes of at least 4 members (excludes halogenated alkanes) is 2. The summed E-state index contributed by atoms with van der Waals surface area (Å²) < 4.78 is 10.3. The molecule has 1 unspecified atom stereocenters. The van der Waals surface area contributed by atoms with Crippen LogP contribution in [0.4, 0.5) is 0 Å². The van der Waals surface area contributed by atoms with E-state index in [2.05, 4.69) is 11.8 Å². The van der Waals surface area contributed by atoms with Gasteiger partial charge in [-0.25, -0.2) is 0 Å². The summed E-state index contributed by atoms with van der Waals surface area (Å²) in [5.74, 6) is 0. The number of ether oxygens (including phenoxy) is 2. The lowest BCUT2D eigenvalue weighted by atomic mass is 10.1. The van der Waals surface area contributed by atoms with Crippen LogP contribution in [0.3, 0.4) is 0 Å². The standard InChI is InChI=1S/C13H30N2O2/c1-4-5-6-7-13(12-14)15(8-10-16-2)9-11-17-3/h13H,4-12,14H2,1-3H3. The molecule has 0 heterocycles. The summed E-state index contributed by atoms with van der Waals surface area (Å²) in [5.41, 5.74) is 5.88. The number of nitrogens with zero attached hydrogens (tertiary/aromatic N) is 1. The van der Waals surface area contributed by atoms with E-state index >= 15 is 0 Å². The third-order valence-corrected chi connectivity index (χ3v) is 3.09. The summed E-state index contributed by atoms with van der Waals surface area (Å²) in [4.78, 5) is 2.39. The second kappa shape index (κ2) is 12.3. The number of rotatable bonds is 12. The molecule has 4 heteroatoms. The molecular formula is C13H30N2O2. The van der Waals surface area contributed by atoms with Crippen LogP contribution in [-0.2, 0) is 9.47 Å². The van der Waals surface area contributed by atoms with E-state index in [1.807, 2.05) is 0 Å². The third-order valence-electron chi connectivity index (χ3n) is 3.09. The maximum absolute atomic E-state index is 5.88. The van der Waals surface area contributed by atoms with E-state index in [0.717, 1.165) is 32.8 Å². The summed E-state index contributed by atoms with van der Waals surface area (Å²) in [5, 5.41) is 0. The highest BCUT2D eigenvalue weighted by atomic mass is 16.5. The molecule has 0 amide bonds. The lowest BCUT2D eigenvalue weighted by Crippen LogP contribution is -2.44. The lowest BCUT2D eigenvalue weighted by Gasteiger charge is -2.30. The molecule has 0 aromatic carbocycles. The van der Waals surface area contributed by atoms with E-state index in [1.165, 1.54) is 25.7 Å². The SMILES string of the molecule is CCCCCC(CN)N(CCOC)CCOC. The largest absolute Gasteiger partial charge is 0.383 e. The molecule has 0 aliphatic heterocycles. The normalized spacial score (nSPS) is 13.2. The van der Waals surface area contributed by atoms with Gasteiger partial charge in [-0.05, 0) is 6.42 Å². The van der Waals surface area contributed by atoms with Crippen molar-refractivity contribution in [3.63, 3.8) is 0 Å². The number of nitrogens with two attached hydrogens (primary N) is 1. The minimum atomic E-state index is 0.465. The Labute approximate surface area is 106 Å². The van der Waals surface area contributed by atoms with Gasteiger partial charge in [0.05, 0.1) is 13.2 Å². The van der Waals surface area contributed by atoms with Crippen molar-refractivity contribution in [3.05, 3.63) is 0 Å². The summed E-state index contributed by atoms with van der Waals surface area (Å²) in [6.45, 7) is 6.34. The van der Waals surface area contributed by atoms with Gasteiger partial charge < -0.3 is 15.2 Å². The van der Waals surface area contributed by atoms with Crippen molar-refractivity contribution in [1.82, 2.24) is 4.90 Å². The highest BCUT2D eigenvalue weighted by Crippen LogP contribution is 2.09. The van der Waals surface area contributed by atoms with Crippen LogP contribution in [0, 0.1) is 0 Å². The minimum Gasteiger partial charge on any atom is -0.383 e. The third kappa shape index (κ3) is 8.55. The Morgan fingerprint density at radius 1 is 1.06 bits per heavy atom. The minimum absolute atomic E-state index is 0.465. The number of methoxy groups -OCH3 is 2. The molecule has 104 valence electrons. The smallest absolute Gasteiger partial charge is 0.0589 e. The Hall–Kier alpha value is -0.160. The maximum Gasteiger partial charge on any atom is 0.0589 e. The van der Waals surface area contributed by atoms with E-state index in [0.29, 0.717) is 6.04 Å². The Morgan fingerprint density at radius 2 is 1.65 bits per heavy atom. The zero-order valence-corrected chi connectivity index (χ0v) is 11.8. The molecule has 0 aromatic heterocycles. The first-order chi connectivity index (χ1) is 8.29. The van der Waals surface area contributed by atoms with Gasteiger partial charge >= 0.3 is 0 Å². The first-order valence-electron chi connectivity index (χ1n) is 6.72. The topological polar surface area (TPSA) is 47.7 Å². The van der Waals surface area contributed by atoms with Crippen molar-refractivity contribution in [2.24, 2.45) is 5.73 Å². The molecule has 17 heavy (non-hydrogen) atoms. The highest BCUT2D eigenvalue weighted by molar-refractivity contribution is 4.72. The molecule has 2 N–H and O–H groups in total. The Bertz CT molecular complexity index is 148. The summed E-state index contributed by atoms with van der Waals surface area (Å²) in [7, 11) is 3.48. The fraction of sp³-hybridized carbons (Fsp3) is 1.00. The summed E-state index contributed by atoms with van der Waals surface area (Å²) >= 11 is 0. The van der Waals surface area contributed by atoms with Crippen LogP contribution in [0.5, 0.6) is 0 Å². The van der Waals surface area contributed by atoms with Crippen molar-refractivity contribution in [2.75, 3.05) is 47.1 Å². The average molecular weight is 246 g/mol. The van der Waals surface area contributed by atoms with Gasteiger partial charge in [0.25, 0.3) is 0 Å². The molecule has 0 rings (SSSR count). The first-order valence-corrected chi connectivity index (χ1v) is 6.72. The lowest BCUT2D eigenvalue weighted by molar-refractivity contribution is 0.0856. The summed E-state index contributed by atoms with van der Waals surface area (Å²) in [6, 6.07) is 0.465. The van der Waals surface area contributed by atoms with Gasteiger partial charge in [-0.3, -0.25) is 4.90 Å². The fourth-order valence-electron chi connectivity index (χ4n) is 1.97. The molecule has 0 aliphatic carbocycles. The van der Waals surface area contributed by atoms with E-state index < -0.39 is 0 Å². The number of hydrogen-bond donors (Lipinski definition) is 1. The average Bonchev–Trinajstić information content (AvgIpc) is 2.36. The van der Waals surface area contributed by atoms with Gasteiger partial charge in [0.2, 0.25) is 0 Å². The molecule has 0 radical (unpaired) electrons. The van der Waals surface area contributed by atoms with Gasteiger partial charge in [-0.1, -0.05) is 26.2 Å². The van der Waals surface area contributed by atoms with E-state index in [9.17, 15) is 0 Å². The second-order valence-electron chi connectivity index (χ2n) is 4.41. The van der Waals surface area contributed by atoms with Crippen molar-refractivity contribution >= 4 is 0 Å². The van der Waals surface area contributed by atoms with E-state index in [-0.39, 0.29) is 0 Å². The van der Waals surface area contributed by atoms with Gasteiger partial charge in [0, 0.05) is 39.9 Å². The zero-order chi connectivity index (χ0) is 12.9. The molecule has 0 saturated carbocycles. The Morgan fingerprint density at radius 3 is 2.06 bits per heavy atom. The van der Waals surface area contributed by atoms with Crippen LogP contribution in [0.1, 0.15) is 32.6 Å². The van der Waals surface area contributed by atoms with Gasteiger partial charge in [0.15, 0.2) is 0 Å². The summed E-state index contributed by atoms with van der Waals surface area (Å²) in [6.07, 6.45) is 4.99. The second-order valence-corrected chi connectivity index (χ2v) is 4.41. The van der Waals surface area contributed by atoms with Crippen molar-refractivity contribution < 1.29 is 9.47 Å². The van der Waals surface area contributed by atoms with Crippen LogP contribution < -0.4 is 5.73 Å². The van der Waals surface area contributed by atoms with E-state index in [1.54, 1.807) is 14.2 Å². The van der Waals surface area contributed by atoms with Crippen LogP contribution in [0.2, 0.25) is 0 Å². The van der Waals surface area contributed by atoms with Crippen LogP contribution in [-0.4, -0.2) is 58.0 Å². The highest BCUT2D eigenvalue weighted by Gasteiger charge is 2.15. The van der Waals surface area contributed by atoms with Gasteiger partial charge in [-0.15, -0.1) is 0 Å². The van der Waals surface area contributed by atoms with E-state index in [4.69, 9.17) is 15.2 Å². The molecule has 0 aromatic rings. The maximum atomic E-state index is 5.88. The predicted molar refractivity (Wildman–Crippen MR) is 72.3 cm³/mol. The van der Waals surface area contributed by atoms with Crippen molar-refractivity contribution in [1.29, 1.82) is 0 Å². The monoisotopic (exact) mass is 246 g/mol. The Balaban J connectivity index is 4.06. The van der Waals surface area contributed by atoms with Crippen LogP contribution in [0.15, 0.2) is 0 Å². The number of hydrogen-bond acceptors (Lipinski definition) is 4. The predicted octanol–water partition coefficient (Wildman–Crippen LogP) is 1.49. The molecule has 4 nitrogen and oxygen atoms in total. The van der Waals surface area contributed by atoms with Gasteiger partial charge in [-0.2, -0.15) is 0 Å². The van der Waals surface area contributed by atoms with Crippen LogP contribution in [0.25, 0.3) is 0 Å². The molecule has 0 fully saturated rings. The fourth-order valence-corrected chi connectivity index (χ4v) is 1.97.